The zero-order chi connectivity index (χ0) is 88.7. The number of likely N-dealkylation sites (N-methyl/N-ethyl adjacent to an activating group) is 2. The number of nitrogen functional groups attached to an aromatic ring is 4. The first kappa shape index (κ1) is 87.8. The molecular weight excluding hydrogens is 1610 g/mol. The molecule has 0 unspecified atom stereocenters. The molecule has 0 saturated carbocycles. The summed E-state index contributed by atoms with van der Waals surface area (Å²) in [6.07, 6.45) is 16.9. The first-order valence-electron chi connectivity index (χ1n) is 38.9. The third-order valence-electron chi connectivity index (χ3n) is 20.2. The fraction of sp³-hybridized carbons (Fsp3) is 0.183. The number of likely N-dealkylation sites (tertiary alicyclic amines) is 1. The van der Waals surface area contributed by atoms with Crippen LogP contribution in [-0.4, -0.2) is 161 Å². The van der Waals surface area contributed by atoms with E-state index < -0.39 is 5.91 Å². The number of benzene rings is 6. The Labute approximate surface area is 724 Å². The number of fused-ring (bicyclic) bond motifs is 4. The summed E-state index contributed by atoms with van der Waals surface area (Å²) in [6.45, 7) is 39.4. The van der Waals surface area contributed by atoms with Crippen LogP contribution in [-0.2, 0) is 32.3 Å². The number of hydrogen-bond acceptors (Lipinski definition) is 18. The van der Waals surface area contributed by atoms with Crippen molar-refractivity contribution in [2.45, 2.75) is 53.6 Å². The lowest BCUT2D eigenvalue weighted by Crippen LogP contribution is -2.48. The van der Waals surface area contributed by atoms with E-state index in [0.717, 1.165) is 88.9 Å². The van der Waals surface area contributed by atoms with E-state index in [1.54, 1.807) is 57.4 Å². The zero-order valence-corrected chi connectivity index (χ0v) is 70.5. The molecule has 0 atom stereocenters. The second-order valence-electron chi connectivity index (χ2n) is 29.4. The number of halogens is 2. The van der Waals surface area contributed by atoms with Gasteiger partial charge in [-0.05, 0) is 146 Å². The van der Waals surface area contributed by atoms with E-state index in [2.05, 4.69) is 66.2 Å². The maximum absolute atomic E-state index is 12.9. The molecule has 1 fully saturated rings. The van der Waals surface area contributed by atoms with Gasteiger partial charge >= 0.3 is 0 Å². The standard InChI is InChI=1S/C24H19ClN6O.C24H26N6O2.C23H16ClN5O.C22H24N6O2/c1-27-20(24(32)30(2)3)12-15-5-4-6-18(11-15)31-13-19(16-7-9-17(25)10-8-16)21-22(26)28-14-29-23(21)31;1-15-5-7-17(8-6-15)20-19(11-18(26-3)24(32)29-12-16(2)13-29)30(9-4-10-31)23-21(20)22(25)27-14-28-23;1-14(30)20(26-2)11-15-4-3-5-18(10-15)29-12-19(16-6-8-17(24)9-7-16)21-22(25)27-13-28-23(21)29;1-14-6-8-15(9-7-14)18-17(12-16(24-2)22(30)27(3)4)28(10-5-11-29)21-19(18)20(23)25-13-26-21/h4-14H,2-3H3,(H2,26,28,29);5-8,11,14,16,31H,4,9-10,12-13H2,1-2H3,(H2,25,27,28);3-13H,1H3,(H2,25,27,28);6-9,12-13,29H,5,10-11H2,1,3-4H3,(H2,23,25,26)/b20-12-;18-11-;20-11-;16-12-. The topological polar surface area (TPSA) is 363 Å². The van der Waals surface area contributed by atoms with Crippen LogP contribution in [0.1, 0.15) is 60.3 Å². The molecule has 0 aliphatic carbocycles. The molecule has 622 valence electrons. The van der Waals surface area contributed by atoms with Crippen molar-refractivity contribution in [1.29, 1.82) is 0 Å². The number of aliphatic hydroxyl groups is 2. The van der Waals surface area contributed by atoms with Crippen LogP contribution in [0.3, 0.4) is 0 Å². The molecule has 8 aromatic heterocycles. The molecule has 14 aromatic rings. The highest BCUT2D eigenvalue weighted by atomic mass is 35.5. The predicted molar refractivity (Wildman–Crippen MR) is 487 cm³/mol. The van der Waals surface area contributed by atoms with Crippen molar-refractivity contribution in [1.82, 2.24) is 72.8 Å². The van der Waals surface area contributed by atoms with Gasteiger partial charge in [0.15, 0.2) is 17.1 Å². The van der Waals surface area contributed by atoms with E-state index in [4.69, 9.17) is 72.4 Å². The third-order valence-corrected chi connectivity index (χ3v) is 20.7. The lowest BCUT2D eigenvalue weighted by atomic mass is 10.00. The lowest BCUT2D eigenvalue weighted by Gasteiger charge is -2.37. The average molecular weight is 1690 g/mol. The van der Waals surface area contributed by atoms with Crippen molar-refractivity contribution in [2.24, 2.45) is 5.92 Å². The molecule has 9 heterocycles. The molecule has 31 heteroatoms. The number of anilines is 4. The molecule has 10 N–H and O–H groups in total. The number of nitrogens with zero attached hydrogens (tertiary/aromatic N) is 19. The van der Waals surface area contributed by atoms with E-state index in [1.165, 1.54) is 42.0 Å². The Morgan fingerprint density at radius 2 is 0.815 bits per heavy atom. The number of amides is 3. The van der Waals surface area contributed by atoms with Gasteiger partial charge in [-0.1, -0.05) is 138 Å². The molecule has 15 rings (SSSR count). The summed E-state index contributed by atoms with van der Waals surface area (Å²) in [5.41, 5.74) is 41.1. The Morgan fingerprint density at radius 1 is 0.468 bits per heavy atom. The second kappa shape index (κ2) is 39.1. The van der Waals surface area contributed by atoms with E-state index in [-0.39, 0.29) is 53.6 Å². The summed E-state index contributed by atoms with van der Waals surface area (Å²) >= 11 is 12.1. The minimum Gasteiger partial charge on any atom is -0.396 e. The molecule has 3 amide bonds. The Kier molecular flexibility index (Phi) is 27.7. The molecule has 1 aliphatic rings. The highest BCUT2D eigenvalue weighted by Crippen LogP contribution is 2.43. The smallest absolute Gasteiger partial charge is 0.252 e. The van der Waals surface area contributed by atoms with Gasteiger partial charge in [0.25, 0.3) is 34.8 Å². The third kappa shape index (κ3) is 19.2. The Balaban J connectivity index is 0.000000151. The van der Waals surface area contributed by atoms with Crippen molar-refractivity contribution in [3.8, 4) is 55.9 Å². The van der Waals surface area contributed by atoms with Crippen molar-refractivity contribution in [2.75, 3.05) is 77.4 Å². The first-order valence-corrected chi connectivity index (χ1v) is 39.6. The lowest BCUT2D eigenvalue weighted by molar-refractivity contribution is -0.132. The molecule has 0 bridgehead atoms. The monoisotopic (exact) mass is 1690 g/mol. The van der Waals surface area contributed by atoms with Gasteiger partial charge in [-0.3, -0.25) is 14.4 Å². The minimum atomic E-state index is -0.391. The quantitative estimate of drug-likeness (QED) is 0.0305. The summed E-state index contributed by atoms with van der Waals surface area (Å²) in [4.78, 5) is 102. The Hall–Kier alpha value is -15.5. The molecule has 29 nitrogen and oxygen atoms in total. The van der Waals surface area contributed by atoms with Gasteiger partial charge in [0.05, 0.1) is 47.8 Å². The SMILES string of the molecule is [C-]#[N+]/C(=C\c1c(-c2ccc(C)cc2)c2c(N)ncnc2n1CCCO)C(=O)N(C)C.[C-]#[N+]/C(=C\c1c(-c2ccc(C)cc2)c2c(N)ncnc2n1CCCO)C(=O)N1CC(C)C1.[C-]#[N+]/C(=C\c1cccc(-n2cc(-c3ccc(Cl)cc3)c3c(N)ncnc32)c1)C(=O)N(C)C.[C-]#[N+]/C(=C\c1cccc(-n2cc(-c3ccc(Cl)cc3)c3c(N)ncnc32)c1)C(C)=O. The summed E-state index contributed by atoms with van der Waals surface area (Å²) in [6, 6.07) is 45.9. The Bertz CT molecular complexity index is 6740. The number of aromatic nitrogens is 12. The summed E-state index contributed by atoms with van der Waals surface area (Å²) in [7, 11) is 6.44. The van der Waals surface area contributed by atoms with Crippen molar-refractivity contribution < 1.29 is 29.4 Å². The largest absolute Gasteiger partial charge is 0.396 e. The number of ketones is 1. The molecule has 0 radical (unpaired) electrons. The molecule has 1 aliphatic heterocycles. The number of allylic oxidation sites excluding steroid dienone is 1. The van der Waals surface area contributed by atoms with Gasteiger partial charge in [-0.2, -0.15) is 0 Å². The highest BCUT2D eigenvalue weighted by molar-refractivity contribution is 6.31. The molecule has 124 heavy (non-hydrogen) atoms. The van der Waals surface area contributed by atoms with Crippen LogP contribution in [0.25, 0.3) is 144 Å². The van der Waals surface area contributed by atoms with Crippen LogP contribution in [0.5, 0.6) is 0 Å². The predicted octanol–water partition coefficient (Wildman–Crippen LogP) is 15.7. The number of carbonyl (C=O) groups is 4. The first-order chi connectivity index (χ1) is 59.7. The fourth-order valence-electron chi connectivity index (χ4n) is 14.1. The van der Waals surface area contributed by atoms with Crippen molar-refractivity contribution in [3.63, 3.8) is 0 Å². The van der Waals surface area contributed by atoms with Gasteiger partial charge in [0.1, 0.15) is 59.9 Å². The maximum atomic E-state index is 12.9. The molecule has 0 spiro atoms. The molecule has 1 saturated heterocycles. The van der Waals surface area contributed by atoms with E-state index in [9.17, 15) is 29.4 Å². The van der Waals surface area contributed by atoms with Gasteiger partial charge in [-0.15, -0.1) is 0 Å². The number of aliphatic hydroxyl groups excluding tert-OH is 2. The number of nitrogens with two attached hydrogens (primary N) is 4. The van der Waals surface area contributed by atoms with Crippen LogP contribution >= 0.6 is 23.2 Å². The van der Waals surface area contributed by atoms with Crippen LogP contribution in [0.2, 0.25) is 10.0 Å². The summed E-state index contributed by atoms with van der Waals surface area (Å²) in [5.74, 6) is 0.568. The van der Waals surface area contributed by atoms with Gasteiger partial charge in [-0.25, -0.2) is 59.3 Å². The number of carbonyl (C=O) groups excluding carboxylic acids is 4. The normalized spacial score (nSPS) is 12.2. The highest BCUT2D eigenvalue weighted by Gasteiger charge is 2.32. The van der Waals surface area contributed by atoms with Crippen LogP contribution in [0.15, 0.2) is 206 Å². The van der Waals surface area contributed by atoms with Crippen LogP contribution in [0, 0.1) is 46.1 Å². The van der Waals surface area contributed by atoms with E-state index in [1.807, 2.05) is 190 Å². The number of hydrogen-bond donors (Lipinski definition) is 6. The summed E-state index contributed by atoms with van der Waals surface area (Å²) < 4.78 is 7.63. The van der Waals surface area contributed by atoms with Gasteiger partial charge in [0, 0.05) is 135 Å². The average Bonchev–Trinajstić information content (AvgIpc) is 1.61. The minimum absolute atomic E-state index is 0.00350. The van der Waals surface area contributed by atoms with Crippen LogP contribution < -0.4 is 22.9 Å². The summed E-state index contributed by atoms with van der Waals surface area (Å²) in [5, 5.41) is 23.0. The van der Waals surface area contributed by atoms with Gasteiger partial charge in [0.2, 0.25) is 5.70 Å². The van der Waals surface area contributed by atoms with Crippen molar-refractivity contribution in [3.05, 3.63) is 295 Å². The zero-order valence-electron chi connectivity index (χ0n) is 69.0. The Morgan fingerprint density at radius 3 is 1.17 bits per heavy atom. The van der Waals surface area contributed by atoms with Crippen LogP contribution in [0.4, 0.5) is 23.3 Å². The van der Waals surface area contributed by atoms with Crippen molar-refractivity contribution >= 4 is 138 Å². The molecular formula is C93H85Cl2N23O6. The number of aryl methyl sites for hydroxylation is 4. The number of Topliss-reactive ketones (excluding diaryl/α,β-unsaturated/α-hetero) is 1. The maximum Gasteiger partial charge on any atom is 0.252 e. The molecule has 6 aromatic carbocycles. The van der Waals surface area contributed by atoms with E-state index >= 15 is 0 Å². The fourth-order valence-corrected chi connectivity index (χ4v) is 14.4. The second-order valence-corrected chi connectivity index (χ2v) is 30.3. The van der Waals surface area contributed by atoms with E-state index in [0.29, 0.717) is 123 Å². The number of rotatable bonds is 20. The van der Waals surface area contributed by atoms with Gasteiger partial charge < -0.3 is 70.9 Å².